The molecule has 1 heterocycles. The molecule has 0 saturated heterocycles. The van der Waals surface area contributed by atoms with Gasteiger partial charge < -0.3 is 15.3 Å². The predicted molar refractivity (Wildman–Crippen MR) is 79.4 cm³/mol. The summed E-state index contributed by atoms with van der Waals surface area (Å²) in [5.74, 6) is 1.51. The lowest BCUT2D eigenvalue weighted by molar-refractivity contribution is 0.218. The molecule has 19 heavy (non-hydrogen) atoms. The maximum Gasteiger partial charge on any atom is 0.323 e. The Hall–Kier alpha value is -1.49. The third-order valence-corrected chi connectivity index (χ3v) is 4.96. The van der Waals surface area contributed by atoms with Gasteiger partial charge in [-0.2, -0.15) is 0 Å². The minimum absolute atomic E-state index is 0.165. The summed E-state index contributed by atoms with van der Waals surface area (Å²) >= 11 is 3.56. The zero-order valence-electron chi connectivity index (χ0n) is 10.2. The van der Waals surface area contributed by atoms with Crippen molar-refractivity contribution in [3.63, 3.8) is 0 Å². The number of aromatic amines is 2. The van der Waals surface area contributed by atoms with Crippen LogP contribution in [0.4, 0.5) is 5.69 Å². The van der Waals surface area contributed by atoms with Crippen LogP contribution in [-0.4, -0.2) is 16.0 Å². The van der Waals surface area contributed by atoms with Gasteiger partial charge in [-0.3, -0.25) is 0 Å². The lowest BCUT2D eigenvalue weighted by atomic mass is 9.71. The van der Waals surface area contributed by atoms with Crippen LogP contribution in [0.15, 0.2) is 33.6 Å². The van der Waals surface area contributed by atoms with Gasteiger partial charge in [0, 0.05) is 16.4 Å². The molecule has 3 unspecified atom stereocenters. The van der Waals surface area contributed by atoms with Crippen LogP contribution in [-0.2, 0) is 0 Å². The van der Waals surface area contributed by atoms with Crippen molar-refractivity contribution in [2.75, 3.05) is 5.32 Å². The van der Waals surface area contributed by atoms with Crippen LogP contribution < -0.4 is 11.0 Å². The number of halogens is 1. The summed E-state index contributed by atoms with van der Waals surface area (Å²) in [7, 11) is 0. The van der Waals surface area contributed by atoms with E-state index < -0.39 is 0 Å². The van der Waals surface area contributed by atoms with Crippen molar-refractivity contribution in [1.82, 2.24) is 9.97 Å². The van der Waals surface area contributed by atoms with Gasteiger partial charge in [-0.05, 0) is 46.8 Å². The Balaban J connectivity index is 1.65. The normalized spacial score (nSPS) is 28.4. The van der Waals surface area contributed by atoms with Crippen LogP contribution in [0.1, 0.15) is 12.8 Å². The average molecular weight is 320 g/mol. The zero-order valence-corrected chi connectivity index (χ0v) is 11.8. The van der Waals surface area contributed by atoms with Gasteiger partial charge >= 0.3 is 5.69 Å². The van der Waals surface area contributed by atoms with E-state index in [1.165, 1.54) is 12.8 Å². The topological polar surface area (TPSA) is 60.7 Å². The molecule has 3 atom stereocenters. The van der Waals surface area contributed by atoms with Gasteiger partial charge in [-0.15, -0.1) is 0 Å². The fraction of sp³-hybridized carbons (Fsp3) is 0.357. The summed E-state index contributed by atoms with van der Waals surface area (Å²) in [6.45, 7) is 0. The first-order chi connectivity index (χ1) is 9.20. The minimum Gasteiger partial charge on any atom is -0.381 e. The molecule has 3 N–H and O–H groups in total. The first kappa shape index (κ1) is 11.3. The van der Waals surface area contributed by atoms with Gasteiger partial charge in [-0.25, -0.2) is 4.79 Å². The van der Waals surface area contributed by atoms with Crippen molar-refractivity contribution < 1.29 is 0 Å². The molecule has 0 amide bonds. The van der Waals surface area contributed by atoms with Crippen LogP contribution in [0.2, 0.25) is 0 Å². The molecule has 2 aliphatic rings. The molecule has 0 spiro atoms. The van der Waals surface area contributed by atoms with Gasteiger partial charge in [0.25, 0.3) is 0 Å². The second-order valence-corrected chi connectivity index (χ2v) is 6.30. The van der Waals surface area contributed by atoms with Crippen LogP contribution in [0.25, 0.3) is 11.0 Å². The van der Waals surface area contributed by atoms with Crippen molar-refractivity contribution in [1.29, 1.82) is 0 Å². The molecule has 4 nitrogen and oxygen atoms in total. The number of rotatable bonds is 2. The maximum absolute atomic E-state index is 11.3. The minimum atomic E-state index is -0.165. The average Bonchev–Trinajstić information content (AvgIpc) is 2.88. The lowest BCUT2D eigenvalue weighted by Gasteiger charge is -2.41. The lowest BCUT2D eigenvalue weighted by Crippen LogP contribution is -2.43. The first-order valence-electron chi connectivity index (χ1n) is 6.55. The van der Waals surface area contributed by atoms with Crippen molar-refractivity contribution in [2.45, 2.75) is 18.9 Å². The van der Waals surface area contributed by atoms with Crippen LogP contribution in [0.3, 0.4) is 0 Å². The number of benzene rings is 1. The molecule has 5 heteroatoms. The summed E-state index contributed by atoms with van der Waals surface area (Å²) in [4.78, 5) is 16.9. The molecule has 0 aliphatic heterocycles. The van der Waals surface area contributed by atoms with Crippen LogP contribution in [0.5, 0.6) is 0 Å². The third-order valence-electron chi connectivity index (χ3n) is 4.31. The van der Waals surface area contributed by atoms with Gasteiger partial charge in [0.1, 0.15) is 0 Å². The predicted octanol–water partition coefficient (Wildman–Crippen LogP) is 3.00. The smallest absolute Gasteiger partial charge is 0.323 e. The third kappa shape index (κ3) is 1.75. The standard InChI is InChI=1S/C14H14BrN3O/c15-9-5-12-13(18-14(19)17-12)6-11(9)16-10-4-7-2-1-3-8(7)10/h1,3,5-8,10,16H,2,4H2,(H2,17,18,19). The Labute approximate surface area is 118 Å². The van der Waals surface area contributed by atoms with Gasteiger partial charge in [0.2, 0.25) is 0 Å². The largest absolute Gasteiger partial charge is 0.381 e. The van der Waals surface area contributed by atoms with E-state index in [4.69, 9.17) is 0 Å². The summed E-state index contributed by atoms with van der Waals surface area (Å²) in [5.41, 5.74) is 2.55. The Bertz CT molecular complexity index is 730. The van der Waals surface area contributed by atoms with Gasteiger partial charge in [-0.1, -0.05) is 12.2 Å². The molecular formula is C14H14BrN3O. The fourth-order valence-corrected chi connectivity index (χ4v) is 3.71. The molecule has 2 aliphatic carbocycles. The molecule has 98 valence electrons. The highest BCUT2D eigenvalue weighted by atomic mass is 79.9. The second-order valence-electron chi connectivity index (χ2n) is 5.44. The van der Waals surface area contributed by atoms with E-state index in [-0.39, 0.29) is 5.69 Å². The highest BCUT2D eigenvalue weighted by Crippen LogP contribution is 2.44. The second kappa shape index (κ2) is 4.00. The molecule has 4 rings (SSSR count). The monoisotopic (exact) mass is 319 g/mol. The summed E-state index contributed by atoms with van der Waals surface area (Å²) < 4.78 is 0.987. The molecule has 0 radical (unpaired) electrons. The molecule has 1 aromatic carbocycles. The van der Waals surface area contributed by atoms with Crippen LogP contribution >= 0.6 is 15.9 Å². The Morgan fingerprint density at radius 1 is 1.26 bits per heavy atom. The maximum atomic E-state index is 11.3. The van der Waals surface area contributed by atoms with Gasteiger partial charge in [0.05, 0.1) is 16.7 Å². The molecule has 1 fully saturated rings. The van der Waals surface area contributed by atoms with E-state index in [0.717, 1.165) is 27.1 Å². The number of fused-ring (bicyclic) bond motifs is 2. The Morgan fingerprint density at radius 3 is 2.84 bits per heavy atom. The van der Waals surface area contributed by atoms with Crippen molar-refractivity contribution in [3.05, 3.63) is 39.2 Å². The molecule has 0 bridgehead atoms. The Morgan fingerprint density at radius 2 is 2.05 bits per heavy atom. The molecule has 1 saturated carbocycles. The number of hydrogen-bond donors (Lipinski definition) is 3. The van der Waals surface area contributed by atoms with Crippen LogP contribution in [0, 0.1) is 11.8 Å². The number of allylic oxidation sites excluding steroid dienone is 1. The van der Waals surface area contributed by atoms with Gasteiger partial charge in [0.15, 0.2) is 0 Å². The first-order valence-corrected chi connectivity index (χ1v) is 7.35. The van der Waals surface area contributed by atoms with E-state index in [1.807, 2.05) is 12.1 Å². The van der Waals surface area contributed by atoms with Crippen molar-refractivity contribution in [2.24, 2.45) is 11.8 Å². The quantitative estimate of drug-likeness (QED) is 0.745. The summed E-state index contributed by atoms with van der Waals surface area (Å²) in [5, 5.41) is 3.59. The van der Waals surface area contributed by atoms with E-state index in [1.54, 1.807) is 0 Å². The molecule has 1 aromatic heterocycles. The highest BCUT2D eigenvalue weighted by molar-refractivity contribution is 9.10. The number of aromatic nitrogens is 2. The molecule has 2 aromatic rings. The Kier molecular flexibility index (Phi) is 2.39. The van der Waals surface area contributed by atoms with E-state index in [0.29, 0.717) is 12.0 Å². The number of anilines is 1. The van der Waals surface area contributed by atoms with E-state index in [9.17, 15) is 4.79 Å². The van der Waals surface area contributed by atoms with Crippen molar-refractivity contribution >= 4 is 32.7 Å². The fourth-order valence-electron chi connectivity index (χ4n) is 3.25. The SMILES string of the molecule is O=c1[nH]c2cc(Br)c(NC3CC4CC=CC43)cc2[nH]1. The number of nitrogens with one attached hydrogen (secondary N) is 3. The van der Waals surface area contributed by atoms with E-state index >= 15 is 0 Å². The number of hydrogen-bond acceptors (Lipinski definition) is 2. The number of H-pyrrole nitrogens is 2. The summed E-state index contributed by atoms with van der Waals surface area (Å²) in [6, 6.07) is 4.45. The highest BCUT2D eigenvalue weighted by Gasteiger charge is 2.41. The molecular weight excluding hydrogens is 306 g/mol. The zero-order chi connectivity index (χ0) is 13.0. The van der Waals surface area contributed by atoms with Crippen molar-refractivity contribution in [3.8, 4) is 0 Å². The number of imidazole rings is 1. The summed E-state index contributed by atoms with van der Waals surface area (Å²) in [6.07, 6.45) is 7.08. The van der Waals surface area contributed by atoms with E-state index in [2.05, 4.69) is 43.4 Å².